The van der Waals surface area contributed by atoms with Crippen molar-refractivity contribution in [1.29, 1.82) is 0 Å². The molecule has 1 saturated heterocycles. The predicted octanol–water partition coefficient (Wildman–Crippen LogP) is 4.11. The van der Waals surface area contributed by atoms with Crippen LogP contribution < -0.4 is 0 Å². The van der Waals surface area contributed by atoms with Crippen molar-refractivity contribution in [3.8, 4) is 0 Å². The Bertz CT molecular complexity index is 525. The van der Waals surface area contributed by atoms with Crippen molar-refractivity contribution in [2.75, 3.05) is 13.1 Å². The molecule has 0 amide bonds. The lowest BCUT2D eigenvalue weighted by atomic mass is 9.89. The van der Waals surface area contributed by atoms with E-state index in [-0.39, 0.29) is 17.4 Å². The minimum atomic E-state index is -0.712. The maximum absolute atomic E-state index is 11.6. The fraction of sp³-hybridized carbons (Fsp3) is 0.533. The quantitative estimate of drug-likeness (QED) is 0.806. The Hall–Kier alpha value is -0.390. The van der Waals surface area contributed by atoms with E-state index in [9.17, 15) is 9.90 Å². The molecule has 0 aromatic heterocycles. The molecule has 0 spiro atoms. The van der Waals surface area contributed by atoms with Gasteiger partial charge in [-0.25, -0.2) is 0 Å². The van der Waals surface area contributed by atoms with Crippen molar-refractivity contribution in [3.05, 3.63) is 32.7 Å². The van der Waals surface area contributed by atoms with E-state index in [4.69, 9.17) is 0 Å². The van der Waals surface area contributed by atoms with Crippen LogP contribution in [0.2, 0.25) is 0 Å². The maximum Gasteiger partial charge on any atom is 0.308 e. The normalized spacial score (nSPS) is 24.1. The van der Waals surface area contributed by atoms with Gasteiger partial charge in [0.25, 0.3) is 0 Å². The topological polar surface area (TPSA) is 40.5 Å². The van der Waals surface area contributed by atoms with Gasteiger partial charge in [0, 0.05) is 33.5 Å². The SMILES string of the molecule is CC(C)(C)N1C[C@H](C(=O)O)[C@@H](c2ccc(Br)cc2Br)C1. The second kappa shape index (κ2) is 5.78. The Labute approximate surface area is 136 Å². The highest BCUT2D eigenvalue weighted by atomic mass is 79.9. The lowest BCUT2D eigenvalue weighted by molar-refractivity contribution is -0.141. The van der Waals surface area contributed by atoms with Crippen LogP contribution in [0.15, 0.2) is 27.1 Å². The lowest BCUT2D eigenvalue weighted by Gasteiger charge is -2.31. The average Bonchev–Trinajstić information content (AvgIpc) is 2.73. The van der Waals surface area contributed by atoms with Crippen molar-refractivity contribution in [1.82, 2.24) is 4.90 Å². The molecule has 0 aliphatic carbocycles. The van der Waals surface area contributed by atoms with Gasteiger partial charge >= 0.3 is 5.97 Å². The minimum Gasteiger partial charge on any atom is -0.481 e. The van der Waals surface area contributed by atoms with Crippen LogP contribution in [0.5, 0.6) is 0 Å². The summed E-state index contributed by atoms with van der Waals surface area (Å²) in [7, 11) is 0. The summed E-state index contributed by atoms with van der Waals surface area (Å²) in [6.45, 7) is 7.77. The van der Waals surface area contributed by atoms with Crippen LogP contribution in [0.3, 0.4) is 0 Å². The van der Waals surface area contributed by atoms with Crippen LogP contribution >= 0.6 is 31.9 Å². The van der Waals surface area contributed by atoms with Crippen LogP contribution in [0.25, 0.3) is 0 Å². The summed E-state index contributed by atoms with van der Waals surface area (Å²) in [5, 5.41) is 9.52. The Morgan fingerprint density at radius 2 is 1.95 bits per heavy atom. The van der Waals surface area contributed by atoms with E-state index in [1.807, 2.05) is 18.2 Å². The minimum absolute atomic E-state index is 0.00963. The number of aliphatic carboxylic acids is 1. The second-order valence-electron chi connectivity index (χ2n) is 6.29. The van der Waals surface area contributed by atoms with Gasteiger partial charge in [-0.15, -0.1) is 0 Å². The van der Waals surface area contributed by atoms with Crippen molar-refractivity contribution in [2.45, 2.75) is 32.2 Å². The maximum atomic E-state index is 11.6. The summed E-state index contributed by atoms with van der Waals surface area (Å²) in [6, 6.07) is 5.97. The van der Waals surface area contributed by atoms with Gasteiger partial charge in [0.1, 0.15) is 0 Å². The van der Waals surface area contributed by atoms with Gasteiger partial charge in [-0.2, -0.15) is 0 Å². The number of hydrogen-bond acceptors (Lipinski definition) is 2. The van der Waals surface area contributed by atoms with Crippen molar-refractivity contribution < 1.29 is 9.90 Å². The van der Waals surface area contributed by atoms with Gasteiger partial charge < -0.3 is 5.11 Å². The Morgan fingerprint density at radius 1 is 1.30 bits per heavy atom. The molecule has 1 aromatic rings. The van der Waals surface area contributed by atoms with E-state index >= 15 is 0 Å². The predicted molar refractivity (Wildman–Crippen MR) is 87.0 cm³/mol. The summed E-state index contributed by atoms with van der Waals surface area (Å²) in [5.41, 5.74) is 1.07. The number of likely N-dealkylation sites (tertiary alicyclic amines) is 1. The molecule has 1 heterocycles. The van der Waals surface area contributed by atoms with Crippen molar-refractivity contribution in [3.63, 3.8) is 0 Å². The summed E-state index contributed by atoms with van der Waals surface area (Å²) in [5.74, 6) is -1.04. The molecule has 0 unspecified atom stereocenters. The molecule has 1 aliphatic rings. The van der Waals surface area contributed by atoms with Gasteiger partial charge in [-0.1, -0.05) is 37.9 Å². The van der Waals surface area contributed by atoms with Gasteiger partial charge in [0.05, 0.1) is 5.92 Å². The van der Waals surface area contributed by atoms with E-state index < -0.39 is 5.97 Å². The molecule has 0 radical (unpaired) electrons. The first-order valence-corrected chi connectivity index (χ1v) is 8.21. The third-order valence-electron chi connectivity index (χ3n) is 3.95. The Balaban J connectivity index is 2.35. The van der Waals surface area contributed by atoms with Gasteiger partial charge in [-0.05, 0) is 38.5 Å². The summed E-state index contributed by atoms with van der Waals surface area (Å²) in [4.78, 5) is 13.8. The standard InChI is InChI=1S/C15H19Br2NO2/c1-15(2,3)18-7-11(12(8-18)14(19)20)10-5-4-9(16)6-13(10)17/h4-6,11-12H,7-8H2,1-3H3,(H,19,20)/t11-,12+/m1/s1. The van der Waals surface area contributed by atoms with Crippen LogP contribution in [-0.2, 0) is 4.79 Å². The zero-order valence-electron chi connectivity index (χ0n) is 11.9. The number of benzene rings is 1. The van der Waals surface area contributed by atoms with Crippen LogP contribution in [0.1, 0.15) is 32.3 Å². The highest BCUT2D eigenvalue weighted by Crippen LogP contribution is 2.39. The molecular weight excluding hydrogens is 386 g/mol. The molecule has 1 N–H and O–H groups in total. The first kappa shape index (κ1) is 16.0. The number of carboxylic acids is 1. The molecule has 1 aliphatic heterocycles. The van der Waals surface area contributed by atoms with E-state index in [1.54, 1.807) is 0 Å². The van der Waals surface area contributed by atoms with Crippen LogP contribution in [0, 0.1) is 5.92 Å². The zero-order chi connectivity index (χ0) is 15.1. The number of carbonyl (C=O) groups is 1. The largest absolute Gasteiger partial charge is 0.481 e. The first-order valence-electron chi connectivity index (χ1n) is 6.63. The molecule has 2 atom stereocenters. The lowest BCUT2D eigenvalue weighted by Crippen LogP contribution is -2.40. The monoisotopic (exact) mass is 403 g/mol. The summed E-state index contributed by atoms with van der Waals surface area (Å²) < 4.78 is 1.96. The van der Waals surface area contributed by atoms with E-state index in [2.05, 4.69) is 57.5 Å². The molecule has 20 heavy (non-hydrogen) atoms. The van der Waals surface area contributed by atoms with Crippen LogP contribution in [0.4, 0.5) is 0 Å². The second-order valence-corrected chi connectivity index (χ2v) is 8.06. The van der Waals surface area contributed by atoms with E-state index in [1.165, 1.54) is 0 Å². The number of rotatable bonds is 2. The number of carboxylic acid groups (broad SMARTS) is 1. The molecule has 5 heteroatoms. The van der Waals surface area contributed by atoms with Gasteiger partial charge in [0.15, 0.2) is 0 Å². The molecule has 3 nitrogen and oxygen atoms in total. The molecular formula is C15H19Br2NO2. The molecule has 2 rings (SSSR count). The molecule has 1 aromatic carbocycles. The average molecular weight is 405 g/mol. The molecule has 0 bridgehead atoms. The van der Waals surface area contributed by atoms with Gasteiger partial charge in [-0.3, -0.25) is 9.69 Å². The number of halogens is 2. The Morgan fingerprint density at radius 3 is 2.45 bits per heavy atom. The zero-order valence-corrected chi connectivity index (χ0v) is 15.0. The fourth-order valence-corrected chi connectivity index (χ4v) is 4.06. The van der Waals surface area contributed by atoms with Crippen molar-refractivity contribution >= 4 is 37.8 Å². The first-order chi connectivity index (χ1) is 9.20. The van der Waals surface area contributed by atoms with Crippen LogP contribution in [-0.4, -0.2) is 34.6 Å². The molecule has 1 fully saturated rings. The highest BCUT2D eigenvalue weighted by Gasteiger charge is 2.42. The summed E-state index contributed by atoms with van der Waals surface area (Å²) >= 11 is 7.00. The smallest absolute Gasteiger partial charge is 0.308 e. The third-order valence-corrected chi connectivity index (χ3v) is 5.13. The molecule has 0 saturated carbocycles. The third kappa shape index (κ3) is 3.26. The number of nitrogens with zero attached hydrogens (tertiary/aromatic N) is 1. The Kier molecular flexibility index (Phi) is 4.62. The summed E-state index contributed by atoms with van der Waals surface area (Å²) in [6.07, 6.45) is 0. The van der Waals surface area contributed by atoms with Crippen molar-refractivity contribution in [2.24, 2.45) is 5.92 Å². The highest BCUT2D eigenvalue weighted by molar-refractivity contribution is 9.11. The van der Waals surface area contributed by atoms with Gasteiger partial charge in [0.2, 0.25) is 0 Å². The fourth-order valence-electron chi connectivity index (χ4n) is 2.72. The molecule has 110 valence electrons. The van der Waals surface area contributed by atoms with E-state index in [0.717, 1.165) is 21.1 Å². The van der Waals surface area contributed by atoms with E-state index in [0.29, 0.717) is 6.54 Å². The number of hydrogen-bond donors (Lipinski definition) is 1.